The minimum absolute atomic E-state index is 0.567. The predicted octanol–water partition coefficient (Wildman–Crippen LogP) is 2.99. The second kappa shape index (κ2) is 6.20. The first kappa shape index (κ1) is 14.5. The summed E-state index contributed by atoms with van der Waals surface area (Å²) in [7, 11) is 2.21. The zero-order valence-electron chi connectivity index (χ0n) is 13.2. The Bertz CT molecular complexity index is 647. The van der Waals surface area contributed by atoms with Crippen LogP contribution in [-0.4, -0.2) is 51.1 Å². The fourth-order valence-corrected chi connectivity index (χ4v) is 5.00. The lowest BCUT2D eigenvalue weighted by Gasteiger charge is -2.23. The van der Waals surface area contributed by atoms with Gasteiger partial charge in [-0.25, -0.2) is 9.97 Å². The van der Waals surface area contributed by atoms with Crippen molar-refractivity contribution < 1.29 is 0 Å². The first-order chi connectivity index (χ1) is 10.8. The zero-order chi connectivity index (χ0) is 14.9. The van der Waals surface area contributed by atoms with Gasteiger partial charge in [0.25, 0.3) is 0 Å². The Labute approximate surface area is 136 Å². The molecular weight excluding hydrogens is 292 g/mol. The van der Waals surface area contributed by atoms with Crippen LogP contribution in [0.1, 0.15) is 31.0 Å². The van der Waals surface area contributed by atoms with Crippen LogP contribution >= 0.6 is 11.8 Å². The van der Waals surface area contributed by atoms with Gasteiger partial charge in [0.2, 0.25) is 0 Å². The normalized spacial score (nSPS) is 24.3. The summed E-state index contributed by atoms with van der Waals surface area (Å²) in [6.45, 7) is 3.41. The van der Waals surface area contributed by atoms with Gasteiger partial charge in [0.1, 0.15) is 11.3 Å². The summed E-state index contributed by atoms with van der Waals surface area (Å²) in [5.74, 6) is 5.25. The van der Waals surface area contributed by atoms with Gasteiger partial charge in [-0.1, -0.05) is 0 Å². The highest BCUT2D eigenvalue weighted by atomic mass is 32.2. The van der Waals surface area contributed by atoms with Gasteiger partial charge in [0, 0.05) is 25.2 Å². The second-order valence-corrected chi connectivity index (χ2v) is 7.96. The van der Waals surface area contributed by atoms with Gasteiger partial charge < -0.3 is 9.47 Å². The molecule has 0 saturated carbocycles. The number of thioether (sulfide) groups is 1. The van der Waals surface area contributed by atoms with Gasteiger partial charge in [0.05, 0.1) is 0 Å². The average molecular weight is 316 g/mol. The van der Waals surface area contributed by atoms with E-state index in [1.54, 1.807) is 0 Å². The van der Waals surface area contributed by atoms with Gasteiger partial charge in [-0.05, 0) is 62.4 Å². The molecule has 2 fully saturated rings. The molecule has 2 saturated heterocycles. The van der Waals surface area contributed by atoms with E-state index in [0.717, 1.165) is 30.2 Å². The van der Waals surface area contributed by atoms with Gasteiger partial charge in [-0.15, -0.1) is 0 Å². The Kier molecular flexibility index (Phi) is 4.09. The summed E-state index contributed by atoms with van der Waals surface area (Å²) in [4.78, 5) is 12.0. The maximum Gasteiger partial charge on any atom is 0.160 e. The van der Waals surface area contributed by atoms with Crippen LogP contribution in [0.15, 0.2) is 18.3 Å². The molecule has 0 amide bonds. The Morgan fingerprint density at radius 3 is 2.91 bits per heavy atom. The highest BCUT2D eigenvalue weighted by Gasteiger charge is 2.28. The zero-order valence-corrected chi connectivity index (χ0v) is 14.1. The molecule has 2 aliphatic heterocycles. The molecular formula is C17H24N4S. The maximum atomic E-state index is 4.96. The van der Waals surface area contributed by atoms with E-state index in [4.69, 9.17) is 4.98 Å². The fourth-order valence-electron chi connectivity index (χ4n) is 3.80. The van der Waals surface area contributed by atoms with Crippen molar-refractivity contribution in [1.82, 2.24) is 19.4 Å². The Morgan fingerprint density at radius 2 is 2.14 bits per heavy atom. The second-order valence-electron chi connectivity index (χ2n) is 6.73. The number of likely N-dealkylation sites (N-methyl/N-ethyl adjacent to an activating group) is 1. The standard InChI is InChI=1S/C17H24N4S/c1-20-8-4-14(12-20)16-19-15-3-2-7-18-17(15)21(16)11-13-5-9-22-10-6-13/h2-3,7,13-14H,4-6,8-12H2,1H3. The van der Waals surface area contributed by atoms with Crippen molar-refractivity contribution in [1.29, 1.82) is 0 Å². The molecule has 0 radical (unpaired) electrons. The number of likely N-dealkylation sites (tertiary alicyclic amines) is 1. The molecule has 0 aromatic carbocycles. The SMILES string of the molecule is CN1CCC(c2nc3cccnc3n2CC2CCSCC2)C1. The van der Waals surface area contributed by atoms with E-state index in [9.17, 15) is 0 Å². The van der Waals surface area contributed by atoms with Gasteiger partial charge in [0.15, 0.2) is 5.65 Å². The van der Waals surface area contributed by atoms with E-state index in [-0.39, 0.29) is 0 Å². The van der Waals surface area contributed by atoms with Crippen LogP contribution in [0.2, 0.25) is 0 Å². The number of hydrogen-bond acceptors (Lipinski definition) is 4. The molecule has 4 heterocycles. The number of pyridine rings is 1. The minimum Gasteiger partial charge on any atom is -0.312 e. The number of fused-ring (bicyclic) bond motifs is 1. The molecule has 4 nitrogen and oxygen atoms in total. The third-order valence-corrected chi connectivity index (χ3v) is 6.12. The smallest absolute Gasteiger partial charge is 0.160 e. The molecule has 118 valence electrons. The van der Waals surface area contributed by atoms with Gasteiger partial charge >= 0.3 is 0 Å². The number of imidazole rings is 1. The molecule has 2 aromatic rings. The predicted molar refractivity (Wildman–Crippen MR) is 92.4 cm³/mol. The lowest BCUT2D eigenvalue weighted by atomic mass is 10.0. The number of hydrogen-bond donors (Lipinski definition) is 0. The van der Waals surface area contributed by atoms with Crippen LogP contribution in [0.25, 0.3) is 11.2 Å². The van der Waals surface area contributed by atoms with Crippen LogP contribution in [0.5, 0.6) is 0 Å². The molecule has 2 aromatic heterocycles. The highest BCUT2D eigenvalue weighted by Crippen LogP contribution is 2.31. The van der Waals surface area contributed by atoms with E-state index >= 15 is 0 Å². The van der Waals surface area contributed by atoms with E-state index in [0.29, 0.717) is 5.92 Å². The molecule has 0 aliphatic carbocycles. The fraction of sp³-hybridized carbons (Fsp3) is 0.647. The quantitative estimate of drug-likeness (QED) is 0.872. The number of rotatable bonds is 3. The summed E-state index contributed by atoms with van der Waals surface area (Å²) in [6, 6.07) is 4.11. The third-order valence-electron chi connectivity index (χ3n) is 5.07. The van der Waals surface area contributed by atoms with E-state index in [2.05, 4.69) is 39.3 Å². The Hall–Kier alpha value is -1.07. The lowest BCUT2D eigenvalue weighted by molar-refractivity contribution is 0.393. The number of aromatic nitrogens is 3. The van der Waals surface area contributed by atoms with Crippen molar-refractivity contribution in [2.24, 2.45) is 5.92 Å². The van der Waals surface area contributed by atoms with Crippen LogP contribution in [0, 0.1) is 5.92 Å². The largest absolute Gasteiger partial charge is 0.312 e. The van der Waals surface area contributed by atoms with Crippen molar-refractivity contribution in [3.8, 4) is 0 Å². The lowest BCUT2D eigenvalue weighted by Crippen LogP contribution is -2.20. The molecule has 0 spiro atoms. The summed E-state index contributed by atoms with van der Waals surface area (Å²) < 4.78 is 2.44. The average Bonchev–Trinajstić information content (AvgIpc) is 3.13. The first-order valence-corrected chi connectivity index (χ1v) is 9.54. The van der Waals surface area contributed by atoms with Crippen molar-refractivity contribution in [3.63, 3.8) is 0 Å². The van der Waals surface area contributed by atoms with Crippen molar-refractivity contribution in [2.45, 2.75) is 31.7 Å². The molecule has 0 N–H and O–H groups in total. The molecule has 1 unspecified atom stereocenters. The topological polar surface area (TPSA) is 34.0 Å². The summed E-state index contributed by atoms with van der Waals surface area (Å²) in [5.41, 5.74) is 2.16. The molecule has 2 aliphatic rings. The van der Waals surface area contributed by atoms with E-state index < -0.39 is 0 Å². The summed E-state index contributed by atoms with van der Waals surface area (Å²) in [6.07, 6.45) is 5.80. The highest BCUT2D eigenvalue weighted by molar-refractivity contribution is 7.99. The minimum atomic E-state index is 0.567. The Morgan fingerprint density at radius 1 is 1.27 bits per heavy atom. The van der Waals surface area contributed by atoms with Crippen LogP contribution in [0.4, 0.5) is 0 Å². The van der Waals surface area contributed by atoms with Crippen molar-refractivity contribution in [3.05, 3.63) is 24.2 Å². The van der Waals surface area contributed by atoms with E-state index in [1.165, 1.54) is 43.1 Å². The number of nitrogens with zero attached hydrogens (tertiary/aromatic N) is 4. The van der Waals surface area contributed by atoms with Crippen molar-refractivity contribution in [2.75, 3.05) is 31.6 Å². The van der Waals surface area contributed by atoms with Crippen LogP contribution < -0.4 is 0 Å². The summed E-state index contributed by atoms with van der Waals surface area (Å²) in [5, 5.41) is 0. The molecule has 1 atom stereocenters. The van der Waals surface area contributed by atoms with Crippen LogP contribution in [0.3, 0.4) is 0 Å². The molecule has 22 heavy (non-hydrogen) atoms. The van der Waals surface area contributed by atoms with Crippen LogP contribution in [-0.2, 0) is 6.54 Å². The summed E-state index contributed by atoms with van der Waals surface area (Å²) >= 11 is 2.10. The van der Waals surface area contributed by atoms with Gasteiger partial charge in [-0.3, -0.25) is 0 Å². The maximum absolute atomic E-state index is 4.96. The van der Waals surface area contributed by atoms with Gasteiger partial charge in [-0.2, -0.15) is 11.8 Å². The third kappa shape index (κ3) is 2.76. The van der Waals surface area contributed by atoms with Crippen molar-refractivity contribution >= 4 is 22.9 Å². The first-order valence-electron chi connectivity index (χ1n) is 8.38. The molecule has 0 bridgehead atoms. The molecule has 5 heteroatoms. The molecule has 4 rings (SSSR count). The Balaban J connectivity index is 1.69. The monoisotopic (exact) mass is 316 g/mol. The van der Waals surface area contributed by atoms with E-state index in [1.807, 2.05) is 12.3 Å².